The lowest BCUT2D eigenvalue weighted by Crippen LogP contribution is -2.15. The van der Waals surface area contributed by atoms with Gasteiger partial charge in [-0.1, -0.05) is 70.2 Å². The van der Waals surface area contributed by atoms with Crippen molar-refractivity contribution in [1.29, 1.82) is 0 Å². The molecule has 4 aromatic carbocycles. The summed E-state index contributed by atoms with van der Waals surface area (Å²) in [7, 11) is -4.37. The van der Waals surface area contributed by atoms with E-state index in [1.165, 1.54) is 17.8 Å². The second kappa shape index (κ2) is 8.92. The molecular weight excluding hydrogens is 539 g/mol. The molecule has 4 rings (SSSR count). The van der Waals surface area contributed by atoms with Gasteiger partial charge in [0, 0.05) is 20.1 Å². The molecule has 0 aliphatic rings. The summed E-state index contributed by atoms with van der Waals surface area (Å²) in [5.74, 6) is -0.0228. The van der Waals surface area contributed by atoms with Gasteiger partial charge in [-0.3, -0.25) is 4.72 Å². The van der Waals surface area contributed by atoms with Gasteiger partial charge < -0.3 is 5.11 Å². The molecule has 2 N–H and O–H groups in total. The summed E-state index contributed by atoms with van der Waals surface area (Å²) >= 11 is 4.05. The number of alkyl halides is 3. The van der Waals surface area contributed by atoms with E-state index in [0.717, 1.165) is 17.0 Å². The van der Waals surface area contributed by atoms with Crippen LogP contribution in [0.1, 0.15) is 5.56 Å². The van der Waals surface area contributed by atoms with Crippen LogP contribution < -0.4 is 4.72 Å². The minimum Gasteiger partial charge on any atom is -0.506 e. The molecule has 0 atom stereocenters. The third-order valence-electron chi connectivity index (χ3n) is 4.75. The van der Waals surface area contributed by atoms with Crippen molar-refractivity contribution in [1.82, 2.24) is 0 Å². The molecule has 0 aromatic heterocycles. The predicted octanol–water partition coefficient (Wildman–Crippen LogP) is 7.28. The van der Waals surface area contributed by atoms with Gasteiger partial charge in [0.1, 0.15) is 5.75 Å². The molecule has 4 nitrogen and oxygen atoms in total. The SMILES string of the molecule is O=S(=O)(Nc1cc(Sc2ccccc2)c(O)c2ccccc12)c1ccc(Br)c(C(F)(F)F)c1. The largest absolute Gasteiger partial charge is 0.506 e. The highest BCUT2D eigenvalue weighted by Crippen LogP contribution is 2.43. The van der Waals surface area contributed by atoms with E-state index in [-0.39, 0.29) is 15.9 Å². The summed E-state index contributed by atoms with van der Waals surface area (Å²) in [6, 6.07) is 20.0. The van der Waals surface area contributed by atoms with Crippen molar-refractivity contribution in [2.24, 2.45) is 0 Å². The fourth-order valence-corrected chi connectivity index (χ4v) is 5.70. The molecule has 0 radical (unpaired) electrons. The van der Waals surface area contributed by atoms with Gasteiger partial charge in [-0.15, -0.1) is 0 Å². The molecule has 0 saturated heterocycles. The average Bonchev–Trinajstić information content (AvgIpc) is 2.77. The van der Waals surface area contributed by atoms with Gasteiger partial charge in [-0.25, -0.2) is 8.42 Å². The van der Waals surface area contributed by atoms with Crippen LogP contribution in [0, 0.1) is 0 Å². The van der Waals surface area contributed by atoms with Crippen molar-refractivity contribution in [3.8, 4) is 5.75 Å². The molecule has 0 unspecified atom stereocenters. The van der Waals surface area contributed by atoms with Crippen LogP contribution in [-0.2, 0) is 16.2 Å². The quantitative estimate of drug-likeness (QED) is 0.255. The van der Waals surface area contributed by atoms with E-state index in [0.29, 0.717) is 21.7 Å². The number of fused-ring (bicyclic) bond motifs is 1. The van der Waals surface area contributed by atoms with Gasteiger partial charge in [0.25, 0.3) is 10.0 Å². The highest BCUT2D eigenvalue weighted by molar-refractivity contribution is 9.10. The molecule has 33 heavy (non-hydrogen) atoms. The maximum atomic E-state index is 13.3. The number of rotatable bonds is 5. The summed E-state index contributed by atoms with van der Waals surface area (Å²) in [5, 5.41) is 11.6. The number of hydrogen-bond acceptors (Lipinski definition) is 4. The Hall–Kier alpha value is -2.69. The topological polar surface area (TPSA) is 66.4 Å². The van der Waals surface area contributed by atoms with Crippen molar-refractivity contribution in [3.63, 3.8) is 0 Å². The minimum absolute atomic E-state index is 0.0228. The van der Waals surface area contributed by atoms with E-state index in [1.807, 2.05) is 30.3 Å². The van der Waals surface area contributed by atoms with Crippen LogP contribution in [-0.4, -0.2) is 13.5 Å². The van der Waals surface area contributed by atoms with E-state index in [9.17, 15) is 26.7 Å². The van der Waals surface area contributed by atoms with Crippen molar-refractivity contribution in [2.45, 2.75) is 20.9 Å². The Labute approximate surface area is 200 Å². The molecule has 170 valence electrons. The Morgan fingerprint density at radius 2 is 1.52 bits per heavy atom. The Bertz CT molecular complexity index is 1440. The molecule has 0 fully saturated rings. The monoisotopic (exact) mass is 553 g/mol. The van der Waals surface area contributed by atoms with Gasteiger partial charge in [0.05, 0.1) is 21.0 Å². The zero-order valence-corrected chi connectivity index (χ0v) is 19.8. The van der Waals surface area contributed by atoms with Gasteiger partial charge in [-0.2, -0.15) is 13.2 Å². The van der Waals surface area contributed by atoms with Gasteiger partial charge in [0.15, 0.2) is 0 Å². The number of halogens is 4. The molecule has 0 aliphatic carbocycles. The maximum Gasteiger partial charge on any atom is 0.417 e. The summed E-state index contributed by atoms with van der Waals surface area (Å²) in [5.41, 5.74) is -0.959. The third-order valence-corrected chi connectivity index (χ3v) is 7.84. The maximum absolute atomic E-state index is 13.3. The van der Waals surface area contributed by atoms with Crippen molar-refractivity contribution < 1.29 is 26.7 Å². The van der Waals surface area contributed by atoms with E-state index >= 15 is 0 Å². The zero-order chi connectivity index (χ0) is 23.8. The summed E-state index contributed by atoms with van der Waals surface area (Å²) < 4.78 is 68.0. The van der Waals surface area contributed by atoms with Crippen molar-refractivity contribution in [3.05, 3.63) is 88.9 Å². The standard InChI is InChI=1S/C23H15BrF3NO3S2/c24-19-11-10-15(12-18(19)23(25,26)27)33(30,31)28-20-13-21(32-14-6-2-1-3-7-14)22(29)17-9-5-4-8-16(17)20/h1-13,28-29H. The first-order valence-electron chi connectivity index (χ1n) is 9.43. The van der Waals surface area contributed by atoms with E-state index in [4.69, 9.17) is 0 Å². The number of hydrogen-bond donors (Lipinski definition) is 2. The minimum atomic E-state index is -4.73. The molecule has 0 aliphatic heterocycles. The number of phenols is 1. The first-order valence-corrected chi connectivity index (χ1v) is 12.5. The Balaban J connectivity index is 1.81. The molecule has 0 heterocycles. The molecule has 0 amide bonds. The van der Waals surface area contributed by atoms with Crippen molar-refractivity contribution in [2.75, 3.05) is 4.72 Å². The van der Waals surface area contributed by atoms with Crippen LogP contribution >= 0.6 is 27.7 Å². The van der Waals surface area contributed by atoms with E-state index in [2.05, 4.69) is 20.7 Å². The van der Waals surface area contributed by atoms with Crippen LogP contribution in [0.3, 0.4) is 0 Å². The predicted molar refractivity (Wildman–Crippen MR) is 126 cm³/mol. The van der Waals surface area contributed by atoms with Gasteiger partial charge in [0.2, 0.25) is 0 Å². The molecule has 10 heteroatoms. The number of nitrogens with one attached hydrogen (secondary N) is 1. The normalized spacial score (nSPS) is 12.1. The zero-order valence-electron chi connectivity index (χ0n) is 16.6. The second-order valence-corrected chi connectivity index (χ2v) is 10.6. The highest BCUT2D eigenvalue weighted by Gasteiger charge is 2.34. The summed E-state index contributed by atoms with van der Waals surface area (Å²) in [4.78, 5) is 0.677. The van der Waals surface area contributed by atoms with Crippen molar-refractivity contribution >= 4 is 54.2 Å². The first-order chi connectivity index (χ1) is 15.6. The lowest BCUT2D eigenvalue weighted by Gasteiger charge is -2.16. The number of sulfonamides is 1. The Kier molecular flexibility index (Phi) is 6.35. The van der Waals surface area contributed by atoms with Gasteiger partial charge in [-0.05, 0) is 36.4 Å². The molecule has 4 aromatic rings. The fourth-order valence-electron chi connectivity index (χ4n) is 3.20. The first kappa shape index (κ1) is 23.5. The second-order valence-electron chi connectivity index (χ2n) is 6.98. The summed E-state index contributed by atoms with van der Waals surface area (Å²) in [6.07, 6.45) is -4.73. The lowest BCUT2D eigenvalue weighted by atomic mass is 10.1. The smallest absolute Gasteiger partial charge is 0.417 e. The summed E-state index contributed by atoms with van der Waals surface area (Å²) in [6.45, 7) is 0. The lowest BCUT2D eigenvalue weighted by molar-refractivity contribution is -0.138. The Morgan fingerprint density at radius 3 is 2.18 bits per heavy atom. The van der Waals surface area contributed by atoms with E-state index in [1.54, 1.807) is 24.3 Å². The third kappa shape index (κ3) is 4.97. The fraction of sp³-hybridized carbons (Fsp3) is 0.0435. The average molecular weight is 554 g/mol. The van der Waals surface area contributed by atoms with Gasteiger partial charge >= 0.3 is 6.18 Å². The van der Waals surface area contributed by atoms with Crippen LogP contribution in [0.4, 0.5) is 18.9 Å². The van der Waals surface area contributed by atoms with E-state index < -0.39 is 26.7 Å². The highest BCUT2D eigenvalue weighted by atomic mass is 79.9. The number of benzene rings is 4. The number of phenolic OH excluding ortho intramolecular Hbond substituents is 1. The Morgan fingerprint density at radius 1 is 0.879 bits per heavy atom. The van der Waals surface area contributed by atoms with Crippen LogP contribution in [0.25, 0.3) is 10.8 Å². The molecule has 0 bridgehead atoms. The van der Waals surface area contributed by atoms with Crippen LogP contribution in [0.15, 0.2) is 98.0 Å². The molecule has 0 saturated carbocycles. The molecular formula is C23H15BrF3NO3S2. The van der Waals surface area contributed by atoms with Crippen LogP contribution in [0.5, 0.6) is 5.75 Å². The number of aromatic hydroxyl groups is 1. The molecule has 0 spiro atoms. The number of anilines is 1. The van der Waals surface area contributed by atoms with Crippen LogP contribution in [0.2, 0.25) is 0 Å².